The van der Waals surface area contributed by atoms with Crippen molar-refractivity contribution < 1.29 is 0 Å². The van der Waals surface area contributed by atoms with Crippen molar-refractivity contribution in [3.63, 3.8) is 0 Å². The van der Waals surface area contributed by atoms with E-state index in [2.05, 4.69) is 54.5 Å². The second-order valence-corrected chi connectivity index (χ2v) is 5.63. The number of nitrogens with one attached hydrogen (secondary N) is 2. The second-order valence-electron chi connectivity index (χ2n) is 5.63. The lowest BCUT2D eigenvalue weighted by Crippen LogP contribution is -2.03. The predicted molar refractivity (Wildman–Crippen MR) is 86.1 cm³/mol. The molecule has 0 aliphatic heterocycles. The quantitative estimate of drug-likeness (QED) is 0.757. The number of aromatic nitrogens is 4. The Morgan fingerprint density at radius 2 is 2.05 bits per heavy atom. The van der Waals surface area contributed by atoms with Crippen LogP contribution < -0.4 is 10.6 Å². The summed E-state index contributed by atoms with van der Waals surface area (Å²) in [4.78, 5) is 12.9. The Labute approximate surface area is 128 Å². The number of fused-ring (bicyclic) bond motifs is 1. The Bertz CT molecular complexity index is 805. The molecule has 6 nitrogen and oxygen atoms in total. The van der Waals surface area contributed by atoms with Crippen molar-refractivity contribution in [2.75, 3.05) is 17.7 Å². The molecule has 0 unspecified atom stereocenters. The summed E-state index contributed by atoms with van der Waals surface area (Å²) in [7, 11) is 1.84. The zero-order valence-corrected chi connectivity index (χ0v) is 12.5. The maximum atomic E-state index is 4.63. The first-order chi connectivity index (χ1) is 10.8. The molecule has 0 saturated heterocycles. The minimum Gasteiger partial charge on any atom is -0.373 e. The van der Waals surface area contributed by atoms with Crippen molar-refractivity contribution in [3.05, 3.63) is 48.2 Å². The first kappa shape index (κ1) is 13.1. The smallest absolute Gasteiger partial charge is 0.137 e. The van der Waals surface area contributed by atoms with Crippen LogP contribution in [-0.4, -0.2) is 26.4 Å². The van der Waals surface area contributed by atoms with Crippen LogP contribution in [0.3, 0.4) is 0 Å². The highest BCUT2D eigenvalue weighted by atomic mass is 15.1. The zero-order chi connectivity index (χ0) is 14.9. The Morgan fingerprint density at radius 3 is 2.86 bits per heavy atom. The van der Waals surface area contributed by atoms with Gasteiger partial charge in [-0.15, -0.1) is 0 Å². The van der Waals surface area contributed by atoms with E-state index >= 15 is 0 Å². The zero-order valence-electron chi connectivity index (χ0n) is 12.5. The lowest BCUT2D eigenvalue weighted by atomic mass is 10.2. The van der Waals surface area contributed by atoms with Gasteiger partial charge in [0.15, 0.2) is 0 Å². The number of imidazole rings is 1. The van der Waals surface area contributed by atoms with Crippen molar-refractivity contribution in [2.45, 2.75) is 25.3 Å². The Morgan fingerprint density at radius 1 is 1.18 bits per heavy atom. The van der Waals surface area contributed by atoms with Crippen LogP contribution in [0.25, 0.3) is 5.65 Å². The molecule has 0 atom stereocenters. The van der Waals surface area contributed by atoms with Gasteiger partial charge in [-0.3, -0.25) is 0 Å². The van der Waals surface area contributed by atoms with Gasteiger partial charge in [-0.2, -0.15) is 0 Å². The van der Waals surface area contributed by atoms with Crippen molar-refractivity contribution in [1.29, 1.82) is 0 Å². The van der Waals surface area contributed by atoms with Crippen molar-refractivity contribution >= 4 is 17.3 Å². The molecule has 3 aromatic heterocycles. The summed E-state index contributed by atoms with van der Waals surface area (Å²) in [6.07, 6.45) is 8.45. The summed E-state index contributed by atoms with van der Waals surface area (Å²) in [6.45, 7) is 0.639. The maximum absolute atomic E-state index is 4.63. The molecule has 2 N–H and O–H groups in total. The van der Waals surface area contributed by atoms with Crippen LogP contribution in [0.1, 0.15) is 30.0 Å². The molecule has 4 rings (SSSR count). The Hall–Kier alpha value is -2.63. The highest BCUT2D eigenvalue weighted by Gasteiger charge is 2.23. The van der Waals surface area contributed by atoms with Crippen molar-refractivity contribution in [3.8, 4) is 0 Å². The van der Waals surface area contributed by atoms with Crippen LogP contribution in [-0.2, 0) is 6.54 Å². The van der Waals surface area contributed by atoms with Gasteiger partial charge in [0.05, 0.1) is 12.2 Å². The monoisotopic (exact) mass is 294 g/mol. The first-order valence-electron chi connectivity index (χ1n) is 7.53. The number of rotatable bonds is 5. The predicted octanol–water partition coefficient (Wildman–Crippen LogP) is 2.66. The van der Waals surface area contributed by atoms with E-state index in [1.807, 2.05) is 13.1 Å². The third kappa shape index (κ3) is 2.59. The molecule has 112 valence electrons. The molecule has 1 saturated carbocycles. The summed E-state index contributed by atoms with van der Waals surface area (Å²) in [5.74, 6) is 2.34. The average molecular weight is 294 g/mol. The fraction of sp³-hybridized carbons (Fsp3) is 0.312. The highest BCUT2D eigenvalue weighted by Crippen LogP contribution is 2.39. The lowest BCUT2D eigenvalue weighted by Gasteiger charge is -2.04. The van der Waals surface area contributed by atoms with Crippen LogP contribution in [0.2, 0.25) is 0 Å². The van der Waals surface area contributed by atoms with E-state index in [0.29, 0.717) is 6.54 Å². The van der Waals surface area contributed by atoms with E-state index in [1.54, 1.807) is 6.33 Å². The van der Waals surface area contributed by atoms with Gasteiger partial charge in [-0.25, -0.2) is 15.0 Å². The number of hydrogen-bond donors (Lipinski definition) is 2. The van der Waals surface area contributed by atoms with Crippen molar-refractivity contribution in [1.82, 2.24) is 19.4 Å². The molecule has 0 bridgehead atoms. The van der Waals surface area contributed by atoms with E-state index < -0.39 is 0 Å². The van der Waals surface area contributed by atoms with E-state index in [4.69, 9.17) is 0 Å². The van der Waals surface area contributed by atoms with E-state index in [0.717, 1.165) is 28.9 Å². The van der Waals surface area contributed by atoms with Crippen LogP contribution in [0.15, 0.2) is 36.9 Å². The number of anilines is 2. The maximum Gasteiger partial charge on any atom is 0.137 e. The highest BCUT2D eigenvalue weighted by molar-refractivity contribution is 5.47. The van der Waals surface area contributed by atoms with Gasteiger partial charge in [0.2, 0.25) is 0 Å². The van der Waals surface area contributed by atoms with Gasteiger partial charge < -0.3 is 15.0 Å². The molecule has 1 aliphatic carbocycles. The second kappa shape index (κ2) is 5.29. The standard InChI is InChI=1S/C16H18N6/c1-17-14-6-15(20-10-19-14)18-7-13-9-22-8-12(11-2-3-11)4-5-16(22)21-13/h4-6,8-11H,2-3,7H2,1H3,(H2,17,18,19,20). The van der Waals surface area contributed by atoms with Gasteiger partial charge in [-0.1, -0.05) is 6.07 Å². The van der Waals surface area contributed by atoms with E-state index in [-0.39, 0.29) is 0 Å². The van der Waals surface area contributed by atoms with E-state index in [1.165, 1.54) is 18.4 Å². The van der Waals surface area contributed by atoms with E-state index in [9.17, 15) is 0 Å². The van der Waals surface area contributed by atoms with Crippen LogP contribution >= 0.6 is 0 Å². The number of hydrogen-bond acceptors (Lipinski definition) is 5. The number of nitrogens with zero attached hydrogens (tertiary/aromatic N) is 4. The SMILES string of the molecule is CNc1cc(NCc2cn3cc(C4CC4)ccc3n2)ncn1. The molecular formula is C16H18N6. The first-order valence-corrected chi connectivity index (χ1v) is 7.53. The molecule has 1 fully saturated rings. The topological polar surface area (TPSA) is 67.1 Å². The lowest BCUT2D eigenvalue weighted by molar-refractivity contribution is 1.04. The fourth-order valence-electron chi connectivity index (χ4n) is 2.58. The largest absolute Gasteiger partial charge is 0.373 e. The normalized spacial score (nSPS) is 14.2. The molecule has 3 aromatic rings. The Kier molecular flexibility index (Phi) is 3.14. The third-order valence-electron chi connectivity index (χ3n) is 3.95. The minimum absolute atomic E-state index is 0.639. The third-order valence-corrected chi connectivity index (χ3v) is 3.95. The molecule has 0 spiro atoms. The molecule has 1 aliphatic rings. The van der Waals surface area contributed by atoms with Gasteiger partial charge in [0.25, 0.3) is 0 Å². The average Bonchev–Trinajstić information content (AvgIpc) is 3.32. The van der Waals surface area contributed by atoms with Gasteiger partial charge in [-0.05, 0) is 30.4 Å². The van der Waals surface area contributed by atoms with Crippen LogP contribution in [0.5, 0.6) is 0 Å². The molecule has 0 radical (unpaired) electrons. The molecule has 0 aromatic carbocycles. The molecule has 3 heterocycles. The van der Waals surface area contributed by atoms with Gasteiger partial charge in [0, 0.05) is 25.5 Å². The van der Waals surface area contributed by atoms with Crippen molar-refractivity contribution in [2.24, 2.45) is 0 Å². The summed E-state index contributed by atoms with van der Waals surface area (Å²) in [6, 6.07) is 6.17. The molecule has 22 heavy (non-hydrogen) atoms. The summed E-state index contributed by atoms with van der Waals surface area (Å²) in [5, 5.41) is 6.28. The number of pyridine rings is 1. The fourth-order valence-corrected chi connectivity index (χ4v) is 2.58. The molecule has 6 heteroatoms. The van der Waals surface area contributed by atoms with Gasteiger partial charge in [0.1, 0.15) is 23.6 Å². The summed E-state index contributed by atoms with van der Waals surface area (Å²) in [5.41, 5.74) is 3.40. The van der Waals surface area contributed by atoms with Crippen LogP contribution in [0.4, 0.5) is 11.6 Å². The molecular weight excluding hydrogens is 276 g/mol. The van der Waals surface area contributed by atoms with Crippen LogP contribution in [0, 0.1) is 0 Å². The Balaban J connectivity index is 1.51. The van der Waals surface area contributed by atoms with Gasteiger partial charge >= 0.3 is 0 Å². The minimum atomic E-state index is 0.639. The summed E-state index contributed by atoms with van der Waals surface area (Å²) >= 11 is 0. The summed E-state index contributed by atoms with van der Waals surface area (Å²) < 4.78 is 2.11. The molecule has 0 amide bonds.